The molecular weight excluding hydrogens is 212 g/mol. The molecule has 3 nitrogen and oxygen atoms in total. The predicted octanol–water partition coefficient (Wildman–Crippen LogP) is 3.15. The van der Waals surface area contributed by atoms with Gasteiger partial charge >= 0.3 is 0 Å². The highest BCUT2D eigenvalue weighted by atomic mass is 16.3. The first-order valence-corrected chi connectivity index (χ1v) is 5.58. The fourth-order valence-electron chi connectivity index (χ4n) is 1.65. The van der Waals surface area contributed by atoms with Gasteiger partial charge in [-0.3, -0.25) is 9.97 Å². The van der Waals surface area contributed by atoms with Gasteiger partial charge in [-0.15, -0.1) is 0 Å². The molecule has 2 heterocycles. The Bertz CT molecular complexity index is 530. The number of hydrogen-bond acceptors (Lipinski definition) is 3. The standard InChI is InChI=1S/C14H16N2O/c1-14(2,3)10-4-7-16-12(8-10)11-5-6-15-9-13(11)17/h4-9,17H,1-3H3. The molecule has 1 N–H and O–H groups in total. The third-order valence-electron chi connectivity index (χ3n) is 2.70. The van der Waals surface area contributed by atoms with Crippen molar-refractivity contribution < 1.29 is 5.11 Å². The summed E-state index contributed by atoms with van der Waals surface area (Å²) in [7, 11) is 0. The first-order valence-electron chi connectivity index (χ1n) is 5.58. The van der Waals surface area contributed by atoms with Crippen molar-refractivity contribution in [3.05, 3.63) is 42.4 Å². The number of rotatable bonds is 1. The Hall–Kier alpha value is -1.90. The van der Waals surface area contributed by atoms with Crippen molar-refractivity contribution in [2.24, 2.45) is 0 Å². The SMILES string of the molecule is CC(C)(C)c1ccnc(-c2ccncc2O)c1. The molecular formula is C14H16N2O. The third-order valence-corrected chi connectivity index (χ3v) is 2.70. The molecule has 0 spiro atoms. The number of nitrogens with zero attached hydrogens (tertiary/aromatic N) is 2. The van der Waals surface area contributed by atoms with Crippen LogP contribution in [0, 0.1) is 0 Å². The van der Waals surface area contributed by atoms with E-state index in [1.807, 2.05) is 12.1 Å². The Labute approximate surface area is 101 Å². The van der Waals surface area contributed by atoms with Gasteiger partial charge in [-0.25, -0.2) is 0 Å². The van der Waals surface area contributed by atoms with Gasteiger partial charge in [-0.1, -0.05) is 20.8 Å². The van der Waals surface area contributed by atoms with E-state index in [0.29, 0.717) is 5.56 Å². The highest BCUT2D eigenvalue weighted by Gasteiger charge is 2.15. The molecule has 0 fully saturated rings. The molecule has 0 aliphatic heterocycles. The summed E-state index contributed by atoms with van der Waals surface area (Å²) in [6.07, 6.45) is 4.86. The second kappa shape index (κ2) is 4.17. The summed E-state index contributed by atoms with van der Waals surface area (Å²) in [6.45, 7) is 6.45. The minimum atomic E-state index is 0.0698. The number of pyridine rings is 2. The molecule has 0 atom stereocenters. The van der Waals surface area contributed by atoms with Crippen LogP contribution in [0.1, 0.15) is 26.3 Å². The number of hydrogen-bond donors (Lipinski definition) is 1. The van der Waals surface area contributed by atoms with Crippen molar-refractivity contribution in [1.82, 2.24) is 9.97 Å². The van der Waals surface area contributed by atoms with E-state index in [9.17, 15) is 5.11 Å². The molecule has 0 radical (unpaired) electrons. The van der Waals surface area contributed by atoms with E-state index in [4.69, 9.17) is 0 Å². The van der Waals surface area contributed by atoms with Crippen LogP contribution in [-0.4, -0.2) is 15.1 Å². The summed E-state index contributed by atoms with van der Waals surface area (Å²) in [6, 6.07) is 5.78. The molecule has 2 rings (SSSR count). The maximum atomic E-state index is 9.76. The first kappa shape index (κ1) is 11.6. The molecule has 0 unspecified atom stereocenters. The molecule has 0 aromatic carbocycles. The van der Waals surface area contributed by atoms with E-state index in [2.05, 4.69) is 30.7 Å². The molecule has 0 amide bonds. The molecule has 3 heteroatoms. The summed E-state index contributed by atoms with van der Waals surface area (Å²) < 4.78 is 0. The molecule has 2 aromatic heterocycles. The van der Waals surface area contributed by atoms with Crippen LogP contribution in [0.3, 0.4) is 0 Å². The van der Waals surface area contributed by atoms with Gasteiger partial charge in [0.2, 0.25) is 0 Å². The second-order valence-electron chi connectivity index (χ2n) is 5.07. The monoisotopic (exact) mass is 228 g/mol. The van der Waals surface area contributed by atoms with Crippen LogP contribution >= 0.6 is 0 Å². The Kier molecular flexibility index (Phi) is 2.84. The highest BCUT2D eigenvalue weighted by molar-refractivity contribution is 5.66. The van der Waals surface area contributed by atoms with E-state index < -0.39 is 0 Å². The molecule has 0 saturated carbocycles. The van der Waals surface area contributed by atoms with Gasteiger partial charge in [0.25, 0.3) is 0 Å². The van der Waals surface area contributed by atoms with E-state index in [1.54, 1.807) is 18.5 Å². The minimum Gasteiger partial charge on any atom is -0.506 e. The van der Waals surface area contributed by atoms with Crippen molar-refractivity contribution in [3.8, 4) is 17.0 Å². The quantitative estimate of drug-likeness (QED) is 0.815. The van der Waals surface area contributed by atoms with Crippen molar-refractivity contribution in [1.29, 1.82) is 0 Å². The van der Waals surface area contributed by atoms with Crippen LogP contribution in [0.4, 0.5) is 0 Å². The number of aromatic nitrogens is 2. The van der Waals surface area contributed by atoms with E-state index >= 15 is 0 Å². The van der Waals surface area contributed by atoms with Gasteiger partial charge in [-0.2, -0.15) is 0 Å². The maximum absolute atomic E-state index is 9.76. The van der Waals surface area contributed by atoms with E-state index in [1.165, 1.54) is 11.8 Å². The molecule has 0 aliphatic carbocycles. The predicted molar refractivity (Wildman–Crippen MR) is 67.8 cm³/mol. The maximum Gasteiger partial charge on any atom is 0.143 e. The topological polar surface area (TPSA) is 46.0 Å². The third kappa shape index (κ3) is 2.44. The molecule has 88 valence electrons. The molecule has 0 saturated heterocycles. The molecule has 17 heavy (non-hydrogen) atoms. The first-order chi connectivity index (χ1) is 7.98. The van der Waals surface area contributed by atoms with Gasteiger partial charge in [0, 0.05) is 18.0 Å². The summed E-state index contributed by atoms with van der Waals surface area (Å²) in [5, 5.41) is 9.76. The van der Waals surface area contributed by atoms with Crippen molar-refractivity contribution in [2.75, 3.05) is 0 Å². The van der Waals surface area contributed by atoms with Crippen molar-refractivity contribution >= 4 is 0 Å². The summed E-state index contributed by atoms with van der Waals surface area (Å²) in [5.41, 5.74) is 2.75. The average molecular weight is 228 g/mol. The van der Waals surface area contributed by atoms with Gasteiger partial charge in [0.1, 0.15) is 5.75 Å². The van der Waals surface area contributed by atoms with Crippen LogP contribution in [0.5, 0.6) is 5.75 Å². The molecule has 0 aliphatic rings. The van der Waals surface area contributed by atoms with Crippen LogP contribution in [0.15, 0.2) is 36.8 Å². The van der Waals surface area contributed by atoms with Crippen LogP contribution in [-0.2, 0) is 5.41 Å². The van der Waals surface area contributed by atoms with Gasteiger partial charge in [0.15, 0.2) is 0 Å². The van der Waals surface area contributed by atoms with Gasteiger partial charge in [0.05, 0.1) is 11.9 Å². The average Bonchev–Trinajstić information content (AvgIpc) is 2.29. The zero-order valence-corrected chi connectivity index (χ0v) is 10.3. The Morgan fingerprint density at radius 3 is 2.53 bits per heavy atom. The van der Waals surface area contributed by atoms with Crippen molar-refractivity contribution in [2.45, 2.75) is 26.2 Å². The normalized spacial score (nSPS) is 11.5. The summed E-state index contributed by atoms with van der Waals surface area (Å²) >= 11 is 0. The zero-order valence-electron chi connectivity index (χ0n) is 10.3. The van der Waals surface area contributed by atoms with Gasteiger partial charge in [-0.05, 0) is 29.2 Å². The summed E-state index contributed by atoms with van der Waals surface area (Å²) in [4.78, 5) is 8.16. The summed E-state index contributed by atoms with van der Waals surface area (Å²) in [5.74, 6) is 0.158. The lowest BCUT2D eigenvalue weighted by atomic mass is 9.87. The van der Waals surface area contributed by atoms with Crippen molar-refractivity contribution in [3.63, 3.8) is 0 Å². The van der Waals surface area contributed by atoms with E-state index in [-0.39, 0.29) is 11.2 Å². The Balaban J connectivity index is 2.51. The van der Waals surface area contributed by atoms with Crippen LogP contribution in [0.2, 0.25) is 0 Å². The number of aromatic hydroxyl groups is 1. The fraction of sp³-hybridized carbons (Fsp3) is 0.286. The lowest BCUT2D eigenvalue weighted by Gasteiger charge is -2.19. The van der Waals surface area contributed by atoms with Crippen LogP contribution < -0.4 is 0 Å². The Morgan fingerprint density at radius 1 is 1.12 bits per heavy atom. The van der Waals surface area contributed by atoms with Gasteiger partial charge < -0.3 is 5.11 Å². The van der Waals surface area contributed by atoms with Crippen LogP contribution in [0.25, 0.3) is 11.3 Å². The lowest BCUT2D eigenvalue weighted by Crippen LogP contribution is -2.11. The Morgan fingerprint density at radius 2 is 1.88 bits per heavy atom. The minimum absolute atomic E-state index is 0.0698. The smallest absolute Gasteiger partial charge is 0.143 e. The second-order valence-corrected chi connectivity index (χ2v) is 5.07. The van der Waals surface area contributed by atoms with E-state index in [0.717, 1.165) is 5.69 Å². The molecule has 2 aromatic rings. The molecule has 0 bridgehead atoms. The fourth-order valence-corrected chi connectivity index (χ4v) is 1.65. The largest absolute Gasteiger partial charge is 0.506 e. The highest BCUT2D eigenvalue weighted by Crippen LogP contribution is 2.29. The zero-order chi connectivity index (χ0) is 12.5. The lowest BCUT2D eigenvalue weighted by molar-refractivity contribution is 0.474.